The molecular formula is C18H21NO3. The molecule has 0 fully saturated rings. The molecule has 0 heterocycles. The van der Waals surface area contributed by atoms with Crippen molar-refractivity contribution in [3.63, 3.8) is 0 Å². The van der Waals surface area contributed by atoms with E-state index in [0.29, 0.717) is 5.56 Å². The molecule has 4 nitrogen and oxygen atoms in total. The monoisotopic (exact) mass is 299 g/mol. The number of rotatable bonds is 5. The van der Waals surface area contributed by atoms with Crippen molar-refractivity contribution in [2.24, 2.45) is 0 Å². The Labute approximate surface area is 131 Å². The highest BCUT2D eigenvalue weighted by atomic mass is 16.5. The molecule has 1 N–H and O–H groups in total. The van der Waals surface area contributed by atoms with Crippen LogP contribution >= 0.6 is 0 Å². The first-order chi connectivity index (χ1) is 10.5. The Balaban J connectivity index is 2.42. The third-order valence-electron chi connectivity index (χ3n) is 3.42. The lowest BCUT2D eigenvalue weighted by atomic mass is 9.99. The van der Waals surface area contributed by atoms with E-state index in [-0.39, 0.29) is 6.61 Å². The predicted molar refractivity (Wildman–Crippen MR) is 87.8 cm³/mol. The number of aliphatic hydroxyl groups is 1. The minimum atomic E-state index is -1.28. The number of anilines is 1. The van der Waals surface area contributed by atoms with Gasteiger partial charge in [-0.25, -0.2) is 4.79 Å². The summed E-state index contributed by atoms with van der Waals surface area (Å²) in [6, 6.07) is 15.6. The van der Waals surface area contributed by atoms with E-state index in [1.54, 1.807) is 13.0 Å². The largest absolute Gasteiger partial charge is 0.464 e. The molecule has 0 saturated heterocycles. The quantitative estimate of drug-likeness (QED) is 0.862. The molecule has 0 aliphatic rings. The van der Waals surface area contributed by atoms with Crippen molar-refractivity contribution in [2.45, 2.75) is 13.0 Å². The van der Waals surface area contributed by atoms with E-state index in [1.165, 1.54) is 0 Å². The highest BCUT2D eigenvalue weighted by Crippen LogP contribution is 2.31. The van der Waals surface area contributed by atoms with Gasteiger partial charge in [-0.15, -0.1) is 0 Å². The standard InChI is InChI=1S/C18H21NO3/c1-4-22-18(21)17(20)15-11-10-14(12-16(15)19(2)3)13-8-6-5-7-9-13/h5-12,17,20H,4H2,1-3H3. The molecule has 22 heavy (non-hydrogen) atoms. The van der Waals surface area contributed by atoms with Gasteiger partial charge in [0.15, 0.2) is 6.10 Å². The average Bonchev–Trinajstić information content (AvgIpc) is 2.54. The molecule has 0 saturated carbocycles. The Morgan fingerprint density at radius 3 is 2.41 bits per heavy atom. The third-order valence-corrected chi connectivity index (χ3v) is 3.42. The van der Waals surface area contributed by atoms with Crippen LogP contribution in [0.3, 0.4) is 0 Å². The molecule has 1 atom stereocenters. The van der Waals surface area contributed by atoms with Crippen LogP contribution in [0.15, 0.2) is 48.5 Å². The van der Waals surface area contributed by atoms with Gasteiger partial charge in [-0.1, -0.05) is 42.5 Å². The zero-order valence-electron chi connectivity index (χ0n) is 13.1. The molecule has 0 aliphatic carbocycles. The Morgan fingerprint density at radius 1 is 1.14 bits per heavy atom. The lowest BCUT2D eigenvalue weighted by Gasteiger charge is -2.21. The van der Waals surface area contributed by atoms with Gasteiger partial charge in [0.25, 0.3) is 0 Å². The van der Waals surface area contributed by atoms with Crippen LogP contribution in [0.4, 0.5) is 5.69 Å². The van der Waals surface area contributed by atoms with Crippen LogP contribution < -0.4 is 4.90 Å². The van der Waals surface area contributed by atoms with Crippen LogP contribution in [-0.2, 0) is 9.53 Å². The fraction of sp³-hybridized carbons (Fsp3) is 0.278. The number of esters is 1. The Morgan fingerprint density at radius 2 is 1.82 bits per heavy atom. The average molecular weight is 299 g/mol. The van der Waals surface area contributed by atoms with Crippen LogP contribution in [0.25, 0.3) is 11.1 Å². The number of ether oxygens (including phenoxy) is 1. The van der Waals surface area contributed by atoms with E-state index < -0.39 is 12.1 Å². The van der Waals surface area contributed by atoms with Gasteiger partial charge in [-0.2, -0.15) is 0 Å². The van der Waals surface area contributed by atoms with E-state index in [9.17, 15) is 9.90 Å². The summed E-state index contributed by atoms with van der Waals surface area (Å²) in [6.45, 7) is 1.96. The van der Waals surface area contributed by atoms with Gasteiger partial charge in [-0.05, 0) is 24.1 Å². The van der Waals surface area contributed by atoms with E-state index in [4.69, 9.17) is 4.74 Å². The molecule has 0 aromatic heterocycles. The summed E-state index contributed by atoms with van der Waals surface area (Å²) in [5.41, 5.74) is 3.46. The molecule has 1 unspecified atom stereocenters. The molecule has 2 rings (SSSR count). The number of hydrogen-bond acceptors (Lipinski definition) is 4. The number of carbonyl (C=O) groups is 1. The first-order valence-electron chi connectivity index (χ1n) is 7.26. The number of benzene rings is 2. The highest BCUT2D eigenvalue weighted by Gasteiger charge is 2.22. The van der Waals surface area contributed by atoms with Gasteiger partial charge in [0.2, 0.25) is 0 Å². The molecule has 116 valence electrons. The first kappa shape index (κ1) is 16.0. The van der Waals surface area contributed by atoms with E-state index in [1.807, 2.05) is 61.5 Å². The number of aliphatic hydroxyl groups excluding tert-OH is 1. The predicted octanol–water partition coefficient (Wildman–Crippen LogP) is 3.02. The SMILES string of the molecule is CCOC(=O)C(O)c1ccc(-c2ccccc2)cc1N(C)C. The normalized spacial score (nSPS) is 11.8. The maximum atomic E-state index is 11.8. The zero-order chi connectivity index (χ0) is 16.1. The van der Waals surface area contributed by atoms with Gasteiger partial charge < -0.3 is 14.7 Å². The summed E-state index contributed by atoms with van der Waals surface area (Å²) in [6.07, 6.45) is -1.28. The molecule has 2 aromatic rings. The smallest absolute Gasteiger partial charge is 0.339 e. The van der Waals surface area contributed by atoms with Crippen LogP contribution in [0.5, 0.6) is 0 Å². The molecule has 0 amide bonds. The lowest BCUT2D eigenvalue weighted by Crippen LogP contribution is -2.19. The fourth-order valence-corrected chi connectivity index (χ4v) is 2.32. The van der Waals surface area contributed by atoms with Crippen molar-refractivity contribution in [2.75, 3.05) is 25.6 Å². The second-order valence-electron chi connectivity index (χ2n) is 5.19. The van der Waals surface area contributed by atoms with Crippen molar-refractivity contribution in [1.29, 1.82) is 0 Å². The van der Waals surface area contributed by atoms with Crippen LogP contribution in [-0.4, -0.2) is 31.8 Å². The van der Waals surface area contributed by atoms with Gasteiger partial charge in [-0.3, -0.25) is 0 Å². The highest BCUT2D eigenvalue weighted by molar-refractivity contribution is 5.81. The first-order valence-corrected chi connectivity index (χ1v) is 7.26. The van der Waals surface area contributed by atoms with Crippen molar-refractivity contribution in [1.82, 2.24) is 0 Å². The van der Waals surface area contributed by atoms with Crippen LogP contribution in [0, 0.1) is 0 Å². The molecule has 0 spiro atoms. The summed E-state index contributed by atoms with van der Waals surface area (Å²) in [5, 5.41) is 10.2. The summed E-state index contributed by atoms with van der Waals surface area (Å²) in [5.74, 6) is -0.627. The fourth-order valence-electron chi connectivity index (χ4n) is 2.32. The topological polar surface area (TPSA) is 49.8 Å². The summed E-state index contributed by atoms with van der Waals surface area (Å²) < 4.78 is 4.90. The number of carbonyl (C=O) groups excluding carboxylic acids is 1. The van der Waals surface area contributed by atoms with E-state index in [0.717, 1.165) is 16.8 Å². The molecule has 0 bridgehead atoms. The Kier molecular flexibility index (Phi) is 5.17. The van der Waals surface area contributed by atoms with Crippen molar-refractivity contribution < 1.29 is 14.6 Å². The summed E-state index contributed by atoms with van der Waals surface area (Å²) >= 11 is 0. The van der Waals surface area contributed by atoms with Crippen molar-refractivity contribution in [3.8, 4) is 11.1 Å². The van der Waals surface area contributed by atoms with Crippen molar-refractivity contribution in [3.05, 3.63) is 54.1 Å². The number of hydrogen-bond donors (Lipinski definition) is 1. The van der Waals surface area contributed by atoms with Gasteiger partial charge in [0.05, 0.1) is 6.61 Å². The summed E-state index contributed by atoms with van der Waals surface area (Å²) in [7, 11) is 3.76. The van der Waals surface area contributed by atoms with Gasteiger partial charge in [0, 0.05) is 25.3 Å². The molecule has 4 heteroatoms. The maximum Gasteiger partial charge on any atom is 0.339 e. The molecule has 2 aromatic carbocycles. The molecule has 0 aliphatic heterocycles. The van der Waals surface area contributed by atoms with E-state index in [2.05, 4.69) is 0 Å². The summed E-state index contributed by atoms with van der Waals surface area (Å²) in [4.78, 5) is 13.7. The Bertz CT molecular complexity index is 638. The van der Waals surface area contributed by atoms with Crippen LogP contribution in [0.2, 0.25) is 0 Å². The van der Waals surface area contributed by atoms with Crippen LogP contribution in [0.1, 0.15) is 18.6 Å². The number of nitrogens with zero attached hydrogens (tertiary/aromatic N) is 1. The zero-order valence-corrected chi connectivity index (χ0v) is 13.1. The van der Waals surface area contributed by atoms with Crippen molar-refractivity contribution >= 4 is 11.7 Å². The second-order valence-corrected chi connectivity index (χ2v) is 5.19. The van der Waals surface area contributed by atoms with E-state index >= 15 is 0 Å². The second kappa shape index (κ2) is 7.09. The molecular weight excluding hydrogens is 278 g/mol. The minimum Gasteiger partial charge on any atom is -0.464 e. The van der Waals surface area contributed by atoms with Gasteiger partial charge in [0.1, 0.15) is 0 Å². The van der Waals surface area contributed by atoms with Gasteiger partial charge >= 0.3 is 5.97 Å². The lowest BCUT2D eigenvalue weighted by molar-refractivity contribution is -0.153. The maximum absolute atomic E-state index is 11.8. The minimum absolute atomic E-state index is 0.245. The third kappa shape index (κ3) is 3.46. The Hall–Kier alpha value is -2.33. The molecule has 0 radical (unpaired) electrons.